The highest BCUT2D eigenvalue weighted by atomic mass is 19.2. The number of H-pyrrole nitrogens is 1. The van der Waals surface area contributed by atoms with E-state index in [-0.39, 0.29) is 11.7 Å². The van der Waals surface area contributed by atoms with E-state index in [4.69, 9.17) is 4.74 Å². The van der Waals surface area contributed by atoms with Crippen LogP contribution in [0.25, 0.3) is 0 Å². The standard InChI is InChI=1S/C16H20F2N4O/c1-22(8-15-19-9-20-21-15)12-4-3-10(5-12)11-6-13(17)16(18)14(7-11)23-2/h6-7,9-10,12H,3-5,8H2,1-2H3,(H,19,20,21). The maximum absolute atomic E-state index is 13.7. The number of hydrogen-bond acceptors (Lipinski definition) is 4. The van der Waals surface area contributed by atoms with Crippen molar-refractivity contribution in [3.8, 4) is 5.75 Å². The van der Waals surface area contributed by atoms with E-state index < -0.39 is 11.6 Å². The lowest BCUT2D eigenvalue weighted by atomic mass is 9.96. The fourth-order valence-corrected chi connectivity index (χ4v) is 3.30. The van der Waals surface area contributed by atoms with E-state index in [0.717, 1.165) is 30.7 Å². The molecule has 0 saturated heterocycles. The SMILES string of the molecule is COc1cc(C2CCC(N(C)Cc3ncn[nH]3)C2)cc(F)c1F. The average Bonchev–Trinajstić information content (AvgIpc) is 3.21. The Bertz CT molecular complexity index is 662. The fourth-order valence-electron chi connectivity index (χ4n) is 3.30. The molecule has 0 radical (unpaired) electrons. The number of halogens is 2. The Kier molecular flexibility index (Phi) is 4.56. The zero-order valence-electron chi connectivity index (χ0n) is 13.2. The molecule has 2 atom stereocenters. The normalized spacial score (nSPS) is 21.1. The van der Waals surface area contributed by atoms with Crippen molar-refractivity contribution >= 4 is 0 Å². The number of aromatic amines is 1. The van der Waals surface area contributed by atoms with Gasteiger partial charge in [-0.1, -0.05) is 0 Å². The van der Waals surface area contributed by atoms with Crippen LogP contribution in [0.15, 0.2) is 18.5 Å². The number of ether oxygens (including phenoxy) is 1. The van der Waals surface area contributed by atoms with Crippen LogP contribution in [0.3, 0.4) is 0 Å². The second-order valence-electron chi connectivity index (χ2n) is 6.03. The molecule has 7 heteroatoms. The molecule has 1 aliphatic carbocycles. The van der Waals surface area contributed by atoms with Crippen LogP contribution in [-0.4, -0.2) is 40.3 Å². The van der Waals surface area contributed by atoms with Crippen LogP contribution < -0.4 is 4.74 Å². The van der Waals surface area contributed by atoms with E-state index in [1.54, 1.807) is 6.07 Å². The van der Waals surface area contributed by atoms with Gasteiger partial charge in [0.15, 0.2) is 11.6 Å². The number of nitrogens with zero attached hydrogens (tertiary/aromatic N) is 3. The first-order valence-electron chi connectivity index (χ1n) is 7.66. The van der Waals surface area contributed by atoms with Gasteiger partial charge in [0.25, 0.3) is 0 Å². The van der Waals surface area contributed by atoms with E-state index in [9.17, 15) is 8.78 Å². The second-order valence-corrected chi connectivity index (χ2v) is 6.03. The van der Waals surface area contributed by atoms with Crippen LogP contribution in [0.4, 0.5) is 8.78 Å². The molecule has 1 aliphatic rings. The maximum Gasteiger partial charge on any atom is 0.200 e. The lowest BCUT2D eigenvalue weighted by molar-refractivity contribution is 0.230. The van der Waals surface area contributed by atoms with Gasteiger partial charge < -0.3 is 4.74 Å². The van der Waals surface area contributed by atoms with E-state index in [0.29, 0.717) is 12.6 Å². The summed E-state index contributed by atoms with van der Waals surface area (Å²) in [6, 6.07) is 3.28. The molecule has 2 unspecified atom stereocenters. The average molecular weight is 322 g/mol. The molecule has 5 nitrogen and oxygen atoms in total. The highest BCUT2D eigenvalue weighted by molar-refractivity contribution is 5.34. The summed E-state index contributed by atoms with van der Waals surface area (Å²) >= 11 is 0. The van der Waals surface area contributed by atoms with E-state index >= 15 is 0 Å². The van der Waals surface area contributed by atoms with Gasteiger partial charge in [-0.3, -0.25) is 10.00 Å². The van der Waals surface area contributed by atoms with Crippen molar-refractivity contribution in [2.45, 2.75) is 37.8 Å². The summed E-state index contributed by atoms with van der Waals surface area (Å²) in [6.45, 7) is 0.693. The Morgan fingerprint density at radius 3 is 2.87 bits per heavy atom. The number of nitrogens with one attached hydrogen (secondary N) is 1. The van der Waals surface area contributed by atoms with Crippen LogP contribution >= 0.6 is 0 Å². The first-order valence-corrected chi connectivity index (χ1v) is 7.66. The van der Waals surface area contributed by atoms with Gasteiger partial charge in [-0.2, -0.15) is 9.49 Å². The Morgan fingerprint density at radius 2 is 2.17 bits per heavy atom. The molecule has 3 rings (SSSR count). The summed E-state index contributed by atoms with van der Waals surface area (Å²) in [7, 11) is 3.39. The largest absolute Gasteiger partial charge is 0.494 e. The van der Waals surface area contributed by atoms with Gasteiger partial charge in [0.1, 0.15) is 12.2 Å². The van der Waals surface area contributed by atoms with Crippen molar-refractivity contribution in [3.05, 3.63) is 41.5 Å². The highest BCUT2D eigenvalue weighted by Gasteiger charge is 2.30. The second kappa shape index (κ2) is 6.62. The smallest absolute Gasteiger partial charge is 0.200 e. The van der Waals surface area contributed by atoms with Crippen molar-refractivity contribution in [2.24, 2.45) is 0 Å². The number of benzene rings is 1. The van der Waals surface area contributed by atoms with Crippen molar-refractivity contribution in [2.75, 3.05) is 14.2 Å². The van der Waals surface area contributed by atoms with Crippen molar-refractivity contribution in [3.63, 3.8) is 0 Å². The first-order chi connectivity index (χ1) is 11.1. The van der Waals surface area contributed by atoms with Gasteiger partial charge in [-0.05, 0) is 49.9 Å². The molecular weight excluding hydrogens is 302 g/mol. The molecule has 1 saturated carbocycles. The molecule has 23 heavy (non-hydrogen) atoms. The topological polar surface area (TPSA) is 54.0 Å². The minimum absolute atomic E-state index is 0.0292. The quantitative estimate of drug-likeness (QED) is 0.920. The van der Waals surface area contributed by atoms with Crippen molar-refractivity contribution in [1.29, 1.82) is 0 Å². The lowest BCUT2D eigenvalue weighted by Crippen LogP contribution is -2.29. The highest BCUT2D eigenvalue weighted by Crippen LogP contribution is 2.38. The van der Waals surface area contributed by atoms with Gasteiger partial charge in [0, 0.05) is 6.04 Å². The molecule has 2 aromatic rings. The van der Waals surface area contributed by atoms with E-state index in [1.807, 2.05) is 7.05 Å². The molecule has 1 fully saturated rings. The molecule has 1 heterocycles. The van der Waals surface area contributed by atoms with Crippen LogP contribution in [0, 0.1) is 11.6 Å². The summed E-state index contributed by atoms with van der Waals surface area (Å²) in [5.41, 5.74) is 0.802. The third-order valence-electron chi connectivity index (χ3n) is 4.60. The first kappa shape index (κ1) is 15.9. The number of aromatic nitrogens is 3. The Labute approximate surface area is 133 Å². The Morgan fingerprint density at radius 1 is 1.35 bits per heavy atom. The predicted octanol–water partition coefficient (Wildman–Crippen LogP) is 2.86. The molecule has 1 aromatic carbocycles. The zero-order chi connectivity index (χ0) is 16.4. The van der Waals surface area contributed by atoms with Gasteiger partial charge in [0.05, 0.1) is 13.7 Å². The van der Waals surface area contributed by atoms with Crippen LogP contribution in [0.1, 0.15) is 36.6 Å². The Hall–Kier alpha value is -2.02. The summed E-state index contributed by atoms with van der Waals surface area (Å²) < 4.78 is 32.2. The third-order valence-corrected chi connectivity index (χ3v) is 4.60. The summed E-state index contributed by atoms with van der Waals surface area (Å²) in [6.07, 6.45) is 4.35. The maximum atomic E-state index is 13.7. The summed E-state index contributed by atoms with van der Waals surface area (Å²) in [4.78, 5) is 6.35. The van der Waals surface area contributed by atoms with Gasteiger partial charge in [-0.25, -0.2) is 9.37 Å². The van der Waals surface area contributed by atoms with Crippen molar-refractivity contribution < 1.29 is 13.5 Å². The third kappa shape index (κ3) is 3.34. The summed E-state index contributed by atoms with van der Waals surface area (Å²) in [5.74, 6) is -0.767. The van der Waals surface area contributed by atoms with Crippen LogP contribution in [0.5, 0.6) is 5.75 Å². The molecule has 0 spiro atoms. The molecule has 1 N–H and O–H groups in total. The molecule has 124 valence electrons. The van der Waals surface area contributed by atoms with Gasteiger partial charge >= 0.3 is 0 Å². The molecule has 0 aliphatic heterocycles. The van der Waals surface area contributed by atoms with E-state index in [1.165, 1.54) is 19.5 Å². The minimum Gasteiger partial charge on any atom is -0.494 e. The summed E-state index contributed by atoms with van der Waals surface area (Å²) in [5, 5.41) is 6.70. The molecular formula is C16H20F2N4O. The number of methoxy groups -OCH3 is 1. The molecule has 0 amide bonds. The van der Waals surface area contributed by atoms with Gasteiger partial charge in [0.2, 0.25) is 5.82 Å². The zero-order valence-corrected chi connectivity index (χ0v) is 13.2. The van der Waals surface area contributed by atoms with E-state index in [2.05, 4.69) is 20.1 Å². The van der Waals surface area contributed by atoms with Crippen LogP contribution in [-0.2, 0) is 6.54 Å². The number of hydrogen-bond donors (Lipinski definition) is 1. The van der Waals surface area contributed by atoms with Gasteiger partial charge in [-0.15, -0.1) is 0 Å². The van der Waals surface area contributed by atoms with Crippen LogP contribution in [0.2, 0.25) is 0 Å². The predicted molar refractivity (Wildman–Crippen MR) is 81.1 cm³/mol. The monoisotopic (exact) mass is 322 g/mol. The molecule has 0 bridgehead atoms. The van der Waals surface area contributed by atoms with Crippen molar-refractivity contribution in [1.82, 2.24) is 20.1 Å². The Balaban J connectivity index is 1.68. The number of rotatable bonds is 5. The fraction of sp³-hybridized carbons (Fsp3) is 0.500. The molecule has 1 aromatic heterocycles. The lowest BCUT2D eigenvalue weighted by Gasteiger charge is -2.23. The minimum atomic E-state index is -0.923.